The molecule has 2 aliphatic carbocycles. The van der Waals surface area contributed by atoms with Gasteiger partial charge < -0.3 is 14.6 Å². The summed E-state index contributed by atoms with van der Waals surface area (Å²) in [4.78, 5) is 12.1. The number of ether oxygens (including phenoxy) is 2. The Morgan fingerprint density at radius 1 is 1.10 bits per heavy atom. The van der Waals surface area contributed by atoms with Gasteiger partial charge in [-0.15, -0.1) is 0 Å². The van der Waals surface area contributed by atoms with Gasteiger partial charge in [0, 0.05) is 0 Å². The summed E-state index contributed by atoms with van der Waals surface area (Å²) in [7, 11) is 0. The van der Waals surface area contributed by atoms with E-state index in [0.29, 0.717) is 19.8 Å². The van der Waals surface area contributed by atoms with E-state index in [4.69, 9.17) is 9.47 Å². The third kappa shape index (κ3) is 3.85. The lowest BCUT2D eigenvalue weighted by Gasteiger charge is -2.53. The topological polar surface area (TPSA) is 55.8 Å². The highest BCUT2D eigenvalue weighted by atomic mass is 16.5. The second-order valence-electron chi connectivity index (χ2n) is 9.29. The van der Waals surface area contributed by atoms with Crippen molar-refractivity contribution in [3.63, 3.8) is 0 Å². The largest absolute Gasteiger partial charge is 0.491 e. The van der Waals surface area contributed by atoms with E-state index in [0.717, 1.165) is 43.4 Å². The molecule has 0 heterocycles. The third-order valence-corrected chi connectivity index (χ3v) is 7.43. The van der Waals surface area contributed by atoms with Gasteiger partial charge in [-0.2, -0.15) is 0 Å². The normalized spacial score (nSPS) is 27.7. The minimum Gasteiger partial charge on any atom is -0.491 e. The lowest BCUT2D eigenvalue weighted by atomic mass is 9.50. The molecule has 0 amide bonds. The average molecular weight is 409 g/mol. The highest BCUT2D eigenvalue weighted by Gasteiger charge is 2.55. The van der Waals surface area contributed by atoms with Crippen LogP contribution in [0.15, 0.2) is 48.5 Å². The van der Waals surface area contributed by atoms with Crippen LogP contribution >= 0.6 is 0 Å². The number of carbonyl (C=O) groups is 1. The standard InChI is InChI=1S/C26H32O4/c1-25-13-6-14-26(2,24(27)28)23(25)12-10-20-9-11-21(17-22(20)25)30-16-15-29-18-19-7-4-3-5-8-19/h3-5,7-9,11,17,23H,6,10,12-16,18H2,1-2H3,(H,27,28)/t23-,25-,26+/m1/s1. The number of benzene rings is 2. The molecule has 2 aliphatic rings. The predicted molar refractivity (Wildman–Crippen MR) is 117 cm³/mol. The van der Waals surface area contributed by atoms with Gasteiger partial charge in [0.2, 0.25) is 0 Å². The van der Waals surface area contributed by atoms with E-state index in [1.807, 2.05) is 31.2 Å². The maximum absolute atomic E-state index is 12.1. The molecule has 1 N–H and O–H groups in total. The van der Waals surface area contributed by atoms with Crippen LogP contribution < -0.4 is 4.74 Å². The first-order valence-corrected chi connectivity index (χ1v) is 11.0. The molecule has 0 saturated heterocycles. The zero-order chi connectivity index (χ0) is 21.2. The van der Waals surface area contributed by atoms with Crippen LogP contribution in [0.25, 0.3) is 0 Å². The quantitative estimate of drug-likeness (QED) is 0.625. The van der Waals surface area contributed by atoms with Crippen molar-refractivity contribution in [2.24, 2.45) is 11.3 Å². The number of hydrogen-bond acceptors (Lipinski definition) is 3. The van der Waals surface area contributed by atoms with Crippen molar-refractivity contribution in [2.45, 2.75) is 58.0 Å². The van der Waals surface area contributed by atoms with Crippen molar-refractivity contribution < 1.29 is 19.4 Å². The predicted octanol–water partition coefficient (Wildman–Crippen LogP) is 5.38. The fraction of sp³-hybridized carbons (Fsp3) is 0.500. The number of carboxylic acids is 1. The Balaban J connectivity index is 1.43. The molecule has 1 fully saturated rings. The molecule has 0 spiro atoms. The van der Waals surface area contributed by atoms with Crippen LogP contribution in [0.2, 0.25) is 0 Å². The van der Waals surface area contributed by atoms with Crippen LogP contribution in [0.5, 0.6) is 5.75 Å². The minimum absolute atomic E-state index is 0.109. The maximum Gasteiger partial charge on any atom is 0.309 e. The summed E-state index contributed by atoms with van der Waals surface area (Å²) in [5.74, 6) is 0.361. The Morgan fingerprint density at radius 2 is 1.90 bits per heavy atom. The molecular weight excluding hydrogens is 376 g/mol. The highest BCUT2D eigenvalue weighted by Crippen LogP contribution is 2.57. The lowest BCUT2D eigenvalue weighted by Crippen LogP contribution is -2.52. The van der Waals surface area contributed by atoms with Crippen LogP contribution in [0.1, 0.15) is 56.2 Å². The molecule has 4 heteroatoms. The van der Waals surface area contributed by atoms with E-state index in [-0.39, 0.29) is 11.3 Å². The van der Waals surface area contributed by atoms with Crippen molar-refractivity contribution in [3.8, 4) is 5.75 Å². The van der Waals surface area contributed by atoms with E-state index in [1.54, 1.807) is 0 Å². The molecule has 0 unspecified atom stereocenters. The Hall–Kier alpha value is -2.33. The Kier molecular flexibility index (Phi) is 5.88. The van der Waals surface area contributed by atoms with Gasteiger partial charge in [0.1, 0.15) is 12.4 Å². The summed E-state index contributed by atoms with van der Waals surface area (Å²) < 4.78 is 11.7. The van der Waals surface area contributed by atoms with Gasteiger partial charge in [-0.3, -0.25) is 4.79 Å². The summed E-state index contributed by atoms with van der Waals surface area (Å²) in [6, 6.07) is 16.5. The lowest BCUT2D eigenvalue weighted by molar-refractivity contribution is -0.157. The van der Waals surface area contributed by atoms with Gasteiger partial charge in [-0.25, -0.2) is 0 Å². The van der Waals surface area contributed by atoms with Gasteiger partial charge in [-0.05, 0) is 72.8 Å². The van der Waals surface area contributed by atoms with E-state index < -0.39 is 11.4 Å². The van der Waals surface area contributed by atoms with Gasteiger partial charge in [0.15, 0.2) is 0 Å². The average Bonchev–Trinajstić information content (AvgIpc) is 2.74. The monoisotopic (exact) mass is 408 g/mol. The van der Waals surface area contributed by atoms with Gasteiger partial charge >= 0.3 is 5.97 Å². The molecule has 0 aromatic heterocycles. The molecule has 30 heavy (non-hydrogen) atoms. The van der Waals surface area contributed by atoms with Crippen LogP contribution in [-0.2, 0) is 28.0 Å². The summed E-state index contributed by atoms with van der Waals surface area (Å²) in [5.41, 5.74) is 3.03. The second kappa shape index (κ2) is 8.43. The van der Waals surface area contributed by atoms with E-state index in [2.05, 4.69) is 31.2 Å². The molecule has 4 rings (SSSR count). The number of carboxylic acid groups (broad SMARTS) is 1. The Bertz CT molecular complexity index is 893. The van der Waals surface area contributed by atoms with E-state index in [9.17, 15) is 9.90 Å². The molecule has 4 nitrogen and oxygen atoms in total. The van der Waals surface area contributed by atoms with Crippen LogP contribution in [0.3, 0.4) is 0 Å². The summed E-state index contributed by atoms with van der Waals surface area (Å²) in [5, 5.41) is 9.96. The van der Waals surface area contributed by atoms with E-state index >= 15 is 0 Å². The number of hydrogen-bond donors (Lipinski definition) is 1. The molecule has 2 aromatic rings. The first-order chi connectivity index (χ1) is 14.4. The minimum atomic E-state index is -0.648. The molecule has 3 atom stereocenters. The molecule has 0 bridgehead atoms. The SMILES string of the molecule is C[C@]1(C(=O)O)CCC[C@]2(C)c3cc(OCCOCc4ccccc4)ccc3CC[C@@H]12. The highest BCUT2D eigenvalue weighted by molar-refractivity contribution is 5.75. The summed E-state index contributed by atoms with van der Waals surface area (Å²) in [6.45, 7) is 5.83. The van der Waals surface area contributed by atoms with Gasteiger partial charge in [0.05, 0.1) is 18.6 Å². The molecule has 0 aliphatic heterocycles. The van der Waals surface area contributed by atoms with Crippen molar-refractivity contribution >= 4 is 5.97 Å². The number of aliphatic carboxylic acids is 1. The first kappa shape index (κ1) is 20.9. The number of rotatable bonds is 7. The number of aryl methyl sites for hydroxylation is 1. The summed E-state index contributed by atoms with van der Waals surface area (Å²) in [6.07, 6.45) is 4.65. The van der Waals surface area contributed by atoms with E-state index in [1.165, 1.54) is 11.1 Å². The molecular formula is C26H32O4. The smallest absolute Gasteiger partial charge is 0.309 e. The maximum atomic E-state index is 12.1. The fourth-order valence-corrected chi connectivity index (χ4v) is 5.77. The van der Waals surface area contributed by atoms with Crippen molar-refractivity contribution in [3.05, 3.63) is 65.2 Å². The molecule has 0 radical (unpaired) electrons. The van der Waals surface area contributed by atoms with Crippen LogP contribution in [-0.4, -0.2) is 24.3 Å². The zero-order valence-corrected chi connectivity index (χ0v) is 18.0. The van der Waals surface area contributed by atoms with Gasteiger partial charge in [-0.1, -0.05) is 49.7 Å². The third-order valence-electron chi connectivity index (χ3n) is 7.43. The van der Waals surface area contributed by atoms with Crippen molar-refractivity contribution in [2.75, 3.05) is 13.2 Å². The van der Waals surface area contributed by atoms with Crippen molar-refractivity contribution in [1.82, 2.24) is 0 Å². The molecule has 2 aromatic carbocycles. The summed E-state index contributed by atoms with van der Waals surface area (Å²) >= 11 is 0. The van der Waals surface area contributed by atoms with Gasteiger partial charge in [0.25, 0.3) is 0 Å². The Labute approximate surface area is 179 Å². The van der Waals surface area contributed by atoms with Crippen LogP contribution in [0.4, 0.5) is 0 Å². The van der Waals surface area contributed by atoms with Crippen LogP contribution in [0, 0.1) is 11.3 Å². The number of fused-ring (bicyclic) bond motifs is 3. The second-order valence-corrected chi connectivity index (χ2v) is 9.29. The first-order valence-electron chi connectivity index (χ1n) is 11.0. The molecule has 1 saturated carbocycles. The zero-order valence-electron chi connectivity index (χ0n) is 18.0. The molecule has 160 valence electrons. The fourth-order valence-electron chi connectivity index (χ4n) is 5.77. The van der Waals surface area contributed by atoms with Crippen molar-refractivity contribution in [1.29, 1.82) is 0 Å². The Morgan fingerprint density at radius 3 is 2.67 bits per heavy atom.